The Morgan fingerprint density at radius 3 is 2.67 bits per heavy atom. The van der Waals surface area contributed by atoms with Gasteiger partial charge in [0.25, 0.3) is 0 Å². The molecule has 2 aromatic rings. The average molecular weight is 333 g/mol. The molecule has 0 unspecified atom stereocenters. The minimum atomic E-state index is -0.700. The third kappa shape index (κ3) is 3.46. The maximum absolute atomic E-state index is 14.4. The Morgan fingerprint density at radius 1 is 1.42 bits per heavy atom. The molecule has 24 heavy (non-hydrogen) atoms. The van der Waals surface area contributed by atoms with E-state index < -0.39 is 11.5 Å². The van der Waals surface area contributed by atoms with E-state index >= 15 is 0 Å². The van der Waals surface area contributed by atoms with E-state index in [1.54, 1.807) is 7.05 Å². The number of hydrogen-bond donors (Lipinski definition) is 0. The molecule has 2 rings (SSSR count). The molecular formula is C16H20FN5O2. The van der Waals surface area contributed by atoms with Gasteiger partial charge in [-0.15, -0.1) is 5.10 Å². The van der Waals surface area contributed by atoms with Crippen LogP contribution < -0.4 is 10.4 Å². The molecule has 0 aliphatic rings. The fourth-order valence-electron chi connectivity index (χ4n) is 2.19. The van der Waals surface area contributed by atoms with Crippen molar-refractivity contribution in [2.24, 2.45) is 7.05 Å². The molecule has 1 aromatic heterocycles. The minimum Gasteiger partial charge on any atom is -0.491 e. The van der Waals surface area contributed by atoms with Crippen molar-refractivity contribution in [3.05, 3.63) is 39.8 Å². The summed E-state index contributed by atoms with van der Waals surface area (Å²) in [5.41, 5.74) is -0.404. The maximum Gasteiger partial charge on any atom is 0.350 e. The average Bonchev–Trinajstić information content (AvgIpc) is 2.83. The number of nitrogens with zero attached hydrogens (tertiary/aromatic N) is 5. The second-order valence-electron chi connectivity index (χ2n) is 5.59. The quantitative estimate of drug-likeness (QED) is 0.791. The molecule has 0 spiro atoms. The minimum absolute atomic E-state index is 0.0332. The smallest absolute Gasteiger partial charge is 0.350 e. The zero-order valence-electron chi connectivity index (χ0n) is 14.2. The number of likely N-dealkylation sites (N-methyl/N-ethyl adjacent to an activating group) is 1. The Bertz CT molecular complexity index is 832. The molecule has 0 atom stereocenters. The summed E-state index contributed by atoms with van der Waals surface area (Å²) in [6.45, 7) is 2.84. The van der Waals surface area contributed by atoms with Gasteiger partial charge in [-0.05, 0) is 20.2 Å². The maximum atomic E-state index is 14.4. The Labute approximate surface area is 139 Å². The molecule has 0 aliphatic heterocycles. The number of nitriles is 1. The van der Waals surface area contributed by atoms with E-state index in [0.29, 0.717) is 25.4 Å². The molecule has 128 valence electrons. The van der Waals surface area contributed by atoms with E-state index in [4.69, 9.17) is 10.00 Å². The first-order chi connectivity index (χ1) is 11.4. The van der Waals surface area contributed by atoms with Gasteiger partial charge in [0.15, 0.2) is 5.82 Å². The van der Waals surface area contributed by atoms with Crippen LogP contribution in [-0.4, -0.2) is 46.5 Å². The normalized spacial score (nSPS) is 10.9. The predicted molar refractivity (Wildman–Crippen MR) is 86.9 cm³/mol. The lowest BCUT2D eigenvalue weighted by Gasteiger charge is -2.13. The Morgan fingerprint density at radius 2 is 2.12 bits per heavy atom. The number of rotatable bonds is 6. The lowest BCUT2D eigenvalue weighted by Crippen LogP contribution is -2.23. The number of aromatic nitrogens is 3. The van der Waals surface area contributed by atoms with Crippen LogP contribution in [0.5, 0.6) is 5.75 Å². The van der Waals surface area contributed by atoms with Crippen molar-refractivity contribution in [3.8, 4) is 17.5 Å². The summed E-state index contributed by atoms with van der Waals surface area (Å²) >= 11 is 0. The van der Waals surface area contributed by atoms with Gasteiger partial charge in [0, 0.05) is 26.1 Å². The van der Waals surface area contributed by atoms with Gasteiger partial charge in [0.05, 0.1) is 5.56 Å². The van der Waals surface area contributed by atoms with E-state index in [2.05, 4.69) is 5.10 Å². The fourth-order valence-corrected chi connectivity index (χ4v) is 2.19. The molecule has 0 N–H and O–H groups in total. The van der Waals surface area contributed by atoms with Crippen LogP contribution in [0.3, 0.4) is 0 Å². The van der Waals surface area contributed by atoms with Crippen LogP contribution in [0.2, 0.25) is 0 Å². The Balaban J connectivity index is 2.48. The summed E-state index contributed by atoms with van der Waals surface area (Å²) in [6, 6.07) is 4.31. The summed E-state index contributed by atoms with van der Waals surface area (Å²) in [7, 11) is 5.37. The van der Waals surface area contributed by atoms with E-state index in [0.717, 1.165) is 10.7 Å². The van der Waals surface area contributed by atoms with Gasteiger partial charge in [0.1, 0.15) is 29.9 Å². The highest BCUT2D eigenvalue weighted by atomic mass is 19.1. The number of ether oxygens (including phenoxy) is 1. The van der Waals surface area contributed by atoms with Gasteiger partial charge in [-0.3, -0.25) is 4.57 Å². The largest absolute Gasteiger partial charge is 0.491 e. The van der Waals surface area contributed by atoms with Crippen molar-refractivity contribution in [2.75, 3.05) is 27.2 Å². The van der Waals surface area contributed by atoms with Crippen LogP contribution >= 0.6 is 0 Å². The summed E-state index contributed by atoms with van der Waals surface area (Å²) in [4.78, 5) is 14.2. The van der Waals surface area contributed by atoms with Crippen molar-refractivity contribution in [1.29, 1.82) is 5.26 Å². The zero-order chi connectivity index (χ0) is 17.9. The summed E-state index contributed by atoms with van der Waals surface area (Å²) in [5, 5.41) is 13.3. The topological polar surface area (TPSA) is 76.1 Å². The monoisotopic (exact) mass is 333 g/mol. The first-order valence-electron chi connectivity index (χ1n) is 7.55. The number of aryl methyl sites for hydroxylation is 1. The van der Waals surface area contributed by atoms with Crippen molar-refractivity contribution < 1.29 is 9.13 Å². The summed E-state index contributed by atoms with van der Waals surface area (Å²) in [6.07, 6.45) is 0.544. The molecule has 1 heterocycles. The van der Waals surface area contributed by atoms with E-state index in [1.807, 2.05) is 32.0 Å². The highest BCUT2D eigenvalue weighted by molar-refractivity contribution is 5.50. The number of halogens is 1. The molecular weight excluding hydrogens is 313 g/mol. The summed E-state index contributed by atoms with van der Waals surface area (Å²) in [5.74, 6) is 0.0690. The fraction of sp³-hybridized carbons (Fsp3) is 0.438. The first kappa shape index (κ1) is 17.7. The second-order valence-corrected chi connectivity index (χ2v) is 5.59. The van der Waals surface area contributed by atoms with Crippen molar-refractivity contribution in [3.63, 3.8) is 0 Å². The van der Waals surface area contributed by atoms with Gasteiger partial charge in [-0.25, -0.2) is 9.18 Å². The van der Waals surface area contributed by atoms with E-state index in [1.165, 1.54) is 10.6 Å². The lowest BCUT2D eigenvalue weighted by molar-refractivity contribution is 0.260. The van der Waals surface area contributed by atoms with Gasteiger partial charge >= 0.3 is 5.69 Å². The molecule has 0 radical (unpaired) electrons. The number of benzene rings is 1. The van der Waals surface area contributed by atoms with Gasteiger partial charge in [-0.2, -0.15) is 9.94 Å². The first-order valence-corrected chi connectivity index (χ1v) is 7.55. The number of hydrogen-bond acceptors (Lipinski definition) is 5. The Hall–Kier alpha value is -2.66. The van der Waals surface area contributed by atoms with Gasteiger partial charge < -0.3 is 9.64 Å². The van der Waals surface area contributed by atoms with Gasteiger partial charge in [0.2, 0.25) is 0 Å². The summed E-state index contributed by atoms with van der Waals surface area (Å²) < 4.78 is 22.3. The van der Waals surface area contributed by atoms with E-state index in [-0.39, 0.29) is 17.0 Å². The highest BCUT2D eigenvalue weighted by Crippen LogP contribution is 2.24. The third-order valence-electron chi connectivity index (χ3n) is 3.58. The van der Waals surface area contributed by atoms with Crippen LogP contribution in [-0.2, 0) is 13.5 Å². The molecule has 0 aliphatic carbocycles. The molecule has 7 nitrogen and oxygen atoms in total. The molecule has 8 heteroatoms. The van der Waals surface area contributed by atoms with Crippen LogP contribution in [0, 0.1) is 17.1 Å². The lowest BCUT2D eigenvalue weighted by atomic mass is 10.2. The molecule has 1 aromatic carbocycles. The molecule has 0 fully saturated rings. The zero-order valence-corrected chi connectivity index (χ0v) is 14.2. The van der Waals surface area contributed by atoms with Crippen LogP contribution in [0.1, 0.15) is 18.3 Å². The molecule has 0 saturated carbocycles. The van der Waals surface area contributed by atoms with Gasteiger partial charge in [-0.1, -0.05) is 6.92 Å². The van der Waals surface area contributed by atoms with Crippen molar-refractivity contribution in [2.45, 2.75) is 13.3 Å². The Kier molecular flexibility index (Phi) is 5.36. The van der Waals surface area contributed by atoms with E-state index in [9.17, 15) is 9.18 Å². The molecule has 0 bridgehead atoms. The highest BCUT2D eigenvalue weighted by Gasteiger charge is 2.17. The van der Waals surface area contributed by atoms with Crippen LogP contribution in [0.4, 0.5) is 4.39 Å². The SMILES string of the molecule is CCc1nn(-c2cc(OCCN(C)C)c(C#N)cc2F)c(=O)n1C. The molecule has 0 saturated heterocycles. The van der Waals surface area contributed by atoms with Crippen molar-refractivity contribution in [1.82, 2.24) is 19.2 Å². The third-order valence-corrected chi connectivity index (χ3v) is 3.58. The van der Waals surface area contributed by atoms with Crippen LogP contribution in [0.25, 0.3) is 5.69 Å². The second kappa shape index (κ2) is 7.27. The van der Waals surface area contributed by atoms with Crippen molar-refractivity contribution >= 4 is 0 Å². The predicted octanol–water partition coefficient (Wildman–Crippen LogP) is 1.08. The van der Waals surface area contributed by atoms with Crippen LogP contribution in [0.15, 0.2) is 16.9 Å². The standard InChI is InChI=1S/C16H20FN5O2/c1-5-15-19-22(16(23)21(15)4)13-9-14(24-7-6-20(2)3)11(10-18)8-12(13)17/h8-9H,5-7H2,1-4H3. The molecule has 0 amide bonds.